The summed E-state index contributed by atoms with van der Waals surface area (Å²) in [7, 11) is 1.64. The minimum absolute atomic E-state index is 0.210. The van der Waals surface area contributed by atoms with E-state index in [-0.39, 0.29) is 29.8 Å². The molecule has 0 saturated heterocycles. The topological polar surface area (TPSA) is 87.8 Å². The summed E-state index contributed by atoms with van der Waals surface area (Å²) in [5, 5.41) is 0. The molecular weight excluding hydrogens is 270 g/mol. The molecule has 2 aromatic rings. The Morgan fingerprint density at radius 1 is 1.19 bits per heavy atom. The fourth-order valence-electron chi connectivity index (χ4n) is 2.58. The molecule has 0 saturated carbocycles. The normalized spacial score (nSPS) is 12.3. The van der Waals surface area contributed by atoms with Crippen molar-refractivity contribution in [1.82, 2.24) is 18.7 Å². The quantitative estimate of drug-likeness (QED) is 0.874. The molecular formula is C14H23N5O2. The van der Waals surface area contributed by atoms with E-state index in [1.807, 2.05) is 32.3 Å². The maximum absolute atomic E-state index is 12.6. The second-order valence-corrected chi connectivity index (χ2v) is 6.19. The Morgan fingerprint density at radius 3 is 2.29 bits per heavy atom. The smallest absolute Gasteiger partial charge is 0.329 e. The summed E-state index contributed by atoms with van der Waals surface area (Å²) < 4.78 is 4.50. The molecule has 2 aromatic heterocycles. The number of hydrogen-bond acceptors (Lipinski definition) is 4. The van der Waals surface area contributed by atoms with Crippen LogP contribution in [-0.4, -0.2) is 25.2 Å². The molecule has 0 fully saturated rings. The predicted octanol–water partition coefficient (Wildman–Crippen LogP) is 0.173. The summed E-state index contributed by atoms with van der Waals surface area (Å²) in [5.74, 6) is 0.803. The van der Waals surface area contributed by atoms with Gasteiger partial charge in [-0.05, 0) is 6.92 Å². The Labute approximate surface area is 123 Å². The van der Waals surface area contributed by atoms with E-state index in [4.69, 9.17) is 5.73 Å². The summed E-state index contributed by atoms with van der Waals surface area (Å²) in [6.07, 6.45) is 0. The van der Waals surface area contributed by atoms with Gasteiger partial charge in [0, 0.05) is 32.1 Å². The molecule has 7 heteroatoms. The highest BCUT2D eigenvalue weighted by Crippen LogP contribution is 2.24. The van der Waals surface area contributed by atoms with Crippen molar-refractivity contribution in [3.63, 3.8) is 0 Å². The lowest BCUT2D eigenvalue weighted by atomic mass is 9.96. The molecule has 0 aliphatic heterocycles. The van der Waals surface area contributed by atoms with Gasteiger partial charge >= 0.3 is 5.69 Å². The van der Waals surface area contributed by atoms with Crippen LogP contribution in [-0.2, 0) is 25.6 Å². The SMILES string of the molecule is CCn1c(C(C)(C)C)nc2c1c(=O)n(CCN)c(=O)n2C. The first-order chi connectivity index (χ1) is 9.73. The lowest BCUT2D eigenvalue weighted by Crippen LogP contribution is -2.41. The fraction of sp³-hybridized carbons (Fsp3) is 0.643. The van der Waals surface area contributed by atoms with Gasteiger partial charge in [0.15, 0.2) is 11.2 Å². The maximum atomic E-state index is 12.6. The molecule has 21 heavy (non-hydrogen) atoms. The molecule has 7 nitrogen and oxygen atoms in total. The van der Waals surface area contributed by atoms with Crippen LogP contribution in [0.4, 0.5) is 0 Å². The summed E-state index contributed by atoms with van der Waals surface area (Å²) in [5.41, 5.74) is 5.51. The van der Waals surface area contributed by atoms with E-state index in [1.165, 1.54) is 9.13 Å². The van der Waals surface area contributed by atoms with Gasteiger partial charge < -0.3 is 10.3 Å². The molecule has 0 radical (unpaired) electrons. The monoisotopic (exact) mass is 293 g/mol. The Balaban J connectivity index is 3.01. The molecule has 2 heterocycles. The van der Waals surface area contributed by atoms with E-state index >= 15 is 0 Å². The van der Waals surface area contributed by atoms with E-state index < -0.39 is 0 Å². The molecule has 2 rings (SSSR count). The van der Waals surface area contributed by atoms with Crippen LogP contribution in [0, 0.1) is 0 Å². The number of imidazole rings is 1. The second kappa shape index (κ2) is 5.14. The number of rotatable bonds is 3. The van der Waals surface area contributed by atoms with Crippen molar-refractivity contribution in [2.45, 2.75) is 46.2 Å². The molecule has 0 aliphatic carbocycles. The maximum Gasteiger partial charge on any atom is 0.332 e. The average molecular weight is 293 g/mol. The predicted molar refractivity (Wildman–Crippen MR) is 82.7 cm³/mol. The fourth-order valence-corrected chi connectivity index (χ4v) is 2.58. The van der Waals surface area contributed by atoms with Crippen molar-refractivity contribution < 1.29 is 0 Å². The molecule has 0 aromatic carbocycles. The van der Waals surface area contributed by atoms with Crippen molar-refractivity contribution in [2.24, 2.45) is 12.8 Å². The van der Waals surface area contributed by atoms with Crippen LogP contribution < -0.4 is 17.0 Å². The van der Waals surface area contributed by atoms with Gasteiger partial charge in [0.1, 0.15) is 5.82 Å². The number of nitrogens with zero attached hydrogens (tertiary/aromatic N) is 4. The Morgan fingerprint density at radius 2 is 1.81 bits per heavy atom. The van der Waals surface area contributed by atoms with Crippen LogP contribution in [0.15, 0.2) is 9.59 Å². The minimum atomic E-state index is -0.376. The zero-order valence-electron chi connectivity index (χ0n) is 13.3. The van der Waals surface area contributed by atoms with Crippen molar-refractivity contribution in [1.29, 1.82) is 0 Å². The molecule has 0 unspecified atom stereocenters. The van der Waals surface area contributed by atoms with Crippen LogP contribution in [0.2, 0.25) is 0 Å². The Bertz CT molecular complexity index is 789. The third kappa shape index (κ3) is 2.31. The molecule has 0 bridgehead atoms. The van der Waals surface area contributed by atoms with Gasteiger partial charge in [-0.2, -0.15) is 0 Å². The van der Waals surface area contributed by atoms with E-state index in [0.717, 1.165) is 5.82 Å². The molecule has 0 spiro atoms. The van der Waals surface area contributed by atoms with Crippen LogP contribution in [0.5, 0.6) is 0 Å². The van der Waals surface area contributed by atoms with Gasteiger partial charge in [-0.1, -0.05) is 20.8 Å². The first-order valence-corrected chi connectivity index (χ1v) is 7.14. The zero-order chi connectivity index (χ0) is 15.9. The number of nitrogens with two attached hydrogens (primary N) is 1. The van der Waals surface area contributed by atoms with Gasteiger partial charge in [0.2, 0.25) is 0 Å². The third-order valence-corrected chi connectivity index (χ3v) is 3.57. The molecule has 0 atom stereocenters. The lowest BCUT2D eigenvalue weighted by Gasteiger charge is -2.18. The minimum Gasteiger partial charge on any atom is -0.329 e. The van der Waals surface area contributed by atoms with Crippen molar-refractivity contribution in [2.75, 3.05) is 6.54 Å². The van der Waals surface area contributed by atoms with E-state index in [9.17, 15) is 9.59 Å². The van der Waals surface area contributed by atoms with E-state index in [0.29, 0.717) is 17.7 Å². The van der Waals surface area contributed by atoms with Crippen LogP contribution in [0.3, 0.4) is 0 Å². The van der Waals surface area contributed by atoms with Gasteiger partial charge in [0.05, 0.1) is 0 Å². The van der Waals surface area contributed by atoms with Crippen molar-refractivity contribution >= 4 is 11.2 Å². The summed E-state index contributed by atoms with van der Waals surface area (Å²) in [6, 6.07) is 0. The summed E-state index contributed by atoms with van der Waals surface area (Å²) in [6.45, 7) is 9.16. The molecule has 0 amide bonds. The lowest BCUT2D eigenvalue weighted by molar-refractivity contribution is 0.511. The standard InChI is InChI=1S/C14H23N5O2/c1-6-18-9-10(16-12(18)14(2,3)4)17(5)13(21)19(8-7-15)11(9)20/h6-8,15H2,1-5H3. The highest BCUT2D eigenvalue weighted by Gasteiger charge is 2.26. The van der Waals surface area contributed by atoms with E-state index in [2.05, 4.69) is 4.98 Å². The second-order valence-electron chi connectivity index (χ2n) is 6.19. The first-order valence-electron chi connectivity index (χ1n) is 7.14. The average Bonchev–Trinajstić information content (AvgIpc) is 2.80. The number of aryl methyl sites for hydroxylation is 2. The van der Waals surface area contributed by atoms with Crippen molar-refractivity contribution in [3.8, 4) is 0 Å². The zero-order valence-corrected chi connectivity index (χ0v) is 13.3. The van der Waals surface area contributed by atoms with Crippen LogP contribution in [0.25, 0.3) is 11.2 Å². The van der Waals surface area contributed by atoms with Gasteiger partial charge in [0.25, 0.3) is 5.56 Å². The number of fused-ring (bicyclic) bond motifs is 1. The van der Waals surface area contributed by atoms with Gasteiger partial charge in [-0.3, -0.25) is 13.9 Å². The van der Waals surface area contributed by atoms with Gasteiger partial charge in [-0.15, -0.1) is 0 Å². The largest absolute Gasteiger partial charge is 0.332 e. The Hall–Kier alpha value is -1.89. The molecule has 2 N–H and O–H groups in total. The molecule has 116 valence electrons. The highest BCUT2D eigenvalue weighted by atomic mass is 16.2. The van der Waals surface area contributed by atoms with Crippen LogP contribution >= 0.6 is 0 Å². The molecule has 0 aliphatic rings. The summed E-state index contributed by atoms with van der Waals surface area (Å²) >= 11 is 0. The third-order valence-electron chi connectivity index (χ3n) is 3.57. The summed E-state index contributed by atoms with van der Waals surface area (Å²) in [4.78, 5) is 29.5. The Kier molecular flexibility index (Phi) is 3.79. The van der Waals surface area contributed by atoms with E-state index in [1.54, 1.807) is 7.05 Å². The number of hydrogen-bond donors (Lipinski definition) is 1. The van der Waals surface area contributed by atoms with Crippen molar-refractivity contribution in [3.05, 3.63) is 26.7 Å². The van der Waals surface area contributed by atoms with Gasteiger partial charge in [-0.25, -0.2) is 9.78 Å². The van der Waals surface area contributed by atoms with Crippen LogP contribution in [0.1, 0.15) is 33.5 Å². The number of aromatic nitrogens is 4. The first kappa shape index (κ1) is 15.5. The highest BCUT2D eigenvalue weighted by molar-refractivity contribution is 5.71.